The van der Waals surface area contributed by atoms with Crippen molar-refractivity contribution in [2.45, 2.75) is 46.1 Å². The summed E-state index contributed by atoms with van der Waals surface area (Å²) in [5.41, 5.74) is 7.93. The van der Waals surface area contributed by atoms with E-state index < -0.39 is 0 Å². The lowest BCUT2D eigenvalue weighted by molar-refractivity contribution is 0.498. The average Bonchev–Trinajstić information content (AvgIpc) is 2.68. The first-order valence-electron chi connectivity index (χ1n) is 7.07. The van der Waals surface area contributed by atoms with Gasteiger partial charge in [0.25, 0.3) is 0 Å². The van der Waals surface area contributed by atoms with Gasteiger partial charge in [-0.25, -0.2) is 4.98 Å². The zero-order chi connectivity index (χ0) is 15.8. The van der Waals surface area contributed by atoms with Gasteiger partial charge in [0.05, 0.1) is 5.02 Å². The number of benzene rings is 1. The molecule has 114 valence electrons. The third-order valence-corrected chi connectivity index (χ3v) is 4.12. The van der Waals surface area contributed by atoms with Crippen molar-refractivity contribution >= 4 is 33.3 Å². The topological polar surface area (TPSA) is 43.8 Å². The van der Waals surface area contributed by atoms with Crippen LogP contribution < -0.4 is 5.73 Å². The minimum absolute atomic E-state index is 0.0661. The van der Waals surface area contributed by atoms with Crippen LogP contribution in [-0.4, -0.2) is 9.55 Å². The van der Waals surface area contributed by atoms with Crippen molar-refractivity contribution in [3.8, 4) is 11.3 Å². The van der Waals surface area contributed by atoms with Crippen molar-refractivity contribution in [2.24, 2.45) is 0 Å². The summed E-state index contributed by atoms with van der Waals surface area (Å²) in [6.07, 6.45) is 1.01. The Bertz CT molecular complexity index is 656. The quantitative estimate of drug-likeness (QED) is 0.801. The fraction of sp³-hybridized carbons (Fsp3) is 0.438. The van der Waals surface area contributed by atoms with Gasteiger partial charge in [-0.15, -0.1) is 0 Å². The summed E-state index contributed by atoms with van der Waals surface area (Å²) in [5.74, 6) is 1.68. The van der Waals surface area contributed by atoms with E-state index in [0.29, 0.717) is 10.8 Å². The van der Waals surface area contributed by atoms with Crippen molar-refractivity contribution in [3.63, 3.8) is 0 Å². The molecule has 0 unspecified atom stereocenters. The van der Waals surface area contributed by atoms with Gasteiger partial charge in [-0.2, -0.15) is 0 Å². The molecule has 3 nitrogen and oxygen atoms in total. The monoisotopic (exact) mass is 369 g/mol. The number of anilines is 1. The molecule has 1 aromatic heterocycles. The number of halogens is 2. The van der Waals surface area contributed by atoms with Crippen LogP contribution in [0.25, 0.3) is 11.3 Å². The average molecular weight is 371 g/mol. The summed E-state index contributed by atoms with van der Waals surface area (Å²) < 4.78 is 3.05. The molecule has 5 heteroatoms. The highest BCUT2D eigenvalue weighted by atomic mass is 79.9. The van der Waals surface area contributed by atoms with E-state index >= 15 is 0 Å². The third kappa shape index (κ3) is 3.27. The Morgan fingerprint density at radius 1 is 1.33 bits per heavy atom. The summed E-state index contributed by atoms with van der Waals surface area (Å²) in [5, 5.41) is 0.651. The molecule has 1 aromatic carbocycles. The largest absolute Gasteiger partial charge is 0.383 e. The summed E-state index contributed by atoms with van der Waals surface area (Å²) in [4.78, 5) is 4.80. The van der Waals surface area contributed by atoms with Gasteiger partial charge in [0, 0.05) is 22.0 Å². The smallest absolute Gasteiger partial charge is 0.131 e. The van der Waals surface area contributed by atoms with E-state index in [1.54, 1.807) is 0 Å². The highest BCUT2D eigenvalue weighted by Gasteiger charge is 2.25. The maximum Gasteiger partial charge on any atom is 0.131 e. The molecule has 0 saturated carbocycles. The molecule has 21 heavy (non-hydrogen) atoms. The number of rotatable bonds is 3. The zero-order valence-corrected chi connectivity index (χ0v) is 15.2. The molecular weight excluding hydrogens is 350 g/mol. The zero-order valence-electron chi connectivity index (χ0n) is 12.9. The van der Waals surface area contributed by atoms with Crippen LogP contribution in [0, 0.1) is 0 Å². The van der Waals surface area contributed by atoms with Crippen molar-refractivity contribution in [3.05, 3.63) is 33.5 Å². The van der Waals surface area contributed by atoms with E-state index in [1.165, 1.54) is 0 Å². The van der Waals surface area contributed by atoms with E-state index in [0.717, 1.165) is 34.5 Å². The Morgan fingerprint density at radius 3 is 2.52 bits per heavy atom. The third-order valence-electron chi connectivity index (χ3n) is 3.31. The number of hydrogen-bond donors (Lipinski definition) is 1. The van der Waals surface area contributed by atoms with Crippen molar-refractivity contribution < 1.29 is 0 Å². The van der Waals surface area contributed by atoms with Crippen molar-refractivity contribution in [1.29, 1.82) is 0 Å². The summed E-state index contributed by atoms with van der Waals surface area (Å²) >= 11 is 9.78. The van der Waals surface area contributed by atoms with E-state index in [-0.39, 0.29) is 5.41 Å². The molecule has 0 bridgehead atoms. The number of nitrogen functional groups attached to an aromatic ring is 1. The standard InChI is InChI=1S/C16H21BrClN3/c1-5-8-21-14(19)13(20-15(21)16(2,3)4)11-7-6-10(17)9-12(11)18/h6-7,9H,5,8,19H2,1-4H3. The first-order valence-corrected chi connectivity index (χ1v) is 8.24. The molecule has 0 saturated heterocycles. The van der Waals surface area contributed by atoms with Gasteiger partial charge in [0.1, 0.15) is 17.3 Å². The van der Waals surface area contributed by atoms with E-state index in [2.05, 4.69) is 48.2 Å². The molecular formula is C16H21BrClN3. The number of hydrogen-bond acceptors (Lipinski definition) is 2. The van der Waals surface area contributed by atoms with Crippen molar-refractivity contribution in [2.75, 3.05) is 5.73 Å². The molecule has 0 spiro atoms. The van der Waals surface area contributed by atoms with Crippen LogP contribution in [0.4, 0.5) is 5.82 Å². The minimum Gasteiger partial charge on any atom is -0.383 e. The van der Waals surface area contributed by atoms with Crippen LogP contribution in [0.15, 0.2) is 22.7 Å². The van der Waals surface area contributed by atoms with Gasteiger partial charge in [-0.3, -0.25) is 0 Å². The molecule has 0 aliphatic heterocycles. The summed E-state index contributed by atoms with van der Waals surface area (Å²) in [7, 11) is 0. The SMILES string of the molecule is CCCn1c(C(C)(C)C)nc(-c2ccc(Br)cc2Cl)c1N. The highest BCUT2D eigenvalue weighted by Crippen LogP contribution is 2.36. The molecule has 0 atom stereocenters. The van der Waals surface area contributed by atoms with Crippen LogP contribution >= 0.6 is 27.5 Å². The fourth-order valence-electron chi connectivity index (χ4n) is 2.37. The lowest BCUT2D eigenvalue weighted by atomic mass is 9.95. The Hall–Kier alpha value is -1.00. The molecule has 2 aromatic rings. The van der Waals surface area contributed by atoms with Crippen LogP contribution in [0.1, 0.15) is 39.9 Å². The van der Waals surface area contributed by atoms with E-state index in [1.807, 2.05) is 18.2 Å². The minimum atomic E-state index is -0.0661. The Morgan fingerprint density at radius 2 is 2.00 bits per heavy atom. The number of nitrogens with two attached hydrogens (primary N) is 1. The number of nitrogens with zero attached hydrogens (tertiary/aromatic N) is 2. The molecule has 2 rings (SSSR count). The molecule has 0 aliphatic carbocycles. The van der Waals surface area contributed by atoms with Gasteiger partial charge < -0.3 is 10.3 Å². The second-order valence-corrected chi connectivity index (χ2v) is 7.52. The van der Waals surface area contributed by atoms with Crippen LogP contribution in [0.3, 0.4) is 0 Å². The van der Waals surface area contributed by atoms with Crippen molar-refractivity contribution in [1.82, 2.24) is 9.55 Å². The van der Waals surface area contributed by atoms with Crippen LogP contribution in [0.2, 0.25) is 5.02 Å². The lowest BCUT2D eigenvalue weighted by Gasteiger charge is -2.19. The van der Waals surface area contributed by atoms with Crippen LogP contribution in [0.5, 0.6) is 0 Å². The predicted molar refractivity (Wildman–Crippen MR) is 93.8 cm³/mol. The van der Waals surface area contributed by atoms with Gasteiger partial charge in [-0.05, 0) is 18.6 Å². The predicted octanol–water partition coefficient (Wildman–Crippen LogP) is 5.26. The molecule has 0 aliphatic rings. The number of imidazole rings is 1. The molecule has 0 radical (unpaired) electrons. The van der Waals surface area contributed by atoms with E-state index in [4.69, 9.17) is 22.3 Å². The fourth-order valence-corrected chi connectivity index (χ4v) is 3.13. The van der Waals surface area contributed by atoms with Gasteiger partial charge in [-0.1, -0.05) is 61.3 Å². The van der Waals surface area contributed by atoms with E-state index in [9.17, 15) is 0 Å². The first-order chi connectivity index (χ1) is 9.75. The van der Waals surface area contributed by atoms with Crippen LogP contribution in [-0.2, 0) is 12.0 Å². The second kappa shape index (κ2) is 6.01. The molecule has 0 fully saturated rings. The Balaban J connectivity index is 2.65. The lowest BCUT2D eigenvalue weighted by Crippen LogP contribution is -2.19. The summed E-state index contributed by atoms with van der Waals surface area (Å²) in [6, 6.07) is 5.77. The maximum atomic E-state index is 6.36. The normalized spacial score (nSPS) is 11.9. The van der Waals surface area contributed by atoms with Gasteiger partial charge >= 0.3 is 0 Å². The van der Waals surface area contributed by atoms with Gasteiger partial charge in [0.2, 0.25) is 0 Å². The maximum absolute atomic E-state index is 6.36. The second-order valence-electron chi connectivity index (χ2n) is 6.20. The Kier molecular flexibility index (Phi) is 4.69. The summed E-state index contributed by atoms with van der Waals surface area (Å²) in [6.45, 7) is 9.44. The Labute approximate surface area is 139 Å². The molecule has 0 amide bonds. The highest BCUT2D eigenvalue weighted by molar-refractivity contribution is 9.10. The molecule has 1 heterocycles. The number of aromatic nitrogens is 2. The van der Waals surface area contributed by atoms with Gasteiger partial charge in [0.15, 0.2) is 0 Å². The first kappa shape index (κ1) is 16.4. The molecule has 2 N–H and O–H groups in total.